The highest BCUT2D eigenvalue weighted by molar-refractivity contribution is 7.86. The fraction of sp³-hybridized carbons (Fsp3) is 0.314. The van der Waals surface area contributed by atoms with Crippen molar-refractivity contribution in [3.05, 3.63) is 107 Å². The molecule has 0 saturated carbocycles. The van der Waals surface area contributed by atoms with E-state index < -0.39 is 30.0 Å². The van der Waals surface area contributed by atoms with Gasteiger partial charge in [-0.1, -0.05) is 60.7 Å². The predicted octanol–water partition coefficient (Wildman–Crippen LogP) is 5.55. The van der Waals surface area contributed by atoms with Gasteiger partial charge in [-0.05, 0) is 115 Å². The van der Waals surface area contributed by atoms with E-state index in [9.17, 15) is 25.9 Å². The molecule has 5 rings (SSSR count). The lowest BCUT2D eigenvalue weighted by molar-refractivity contribution is 0.286. The van der Waals surface area contributed by atoms with Crippen LogP contribution in [-0.2, 0) is 26.7 Å². The third-order valence-electron chi connectivity index (χ3n) is 8.59. The summed E-state index contributed by atoms with van der Waals surface area (Å²) >= 11 is 0. The van der Waals surface area contributed by atoms with Gasteiger partial charge in [0.2, 0.25) is 0 Å². The van der Waals surface area contributed by atoms with E-state index in [1.165, 1.54) is 12.1 Å². The topological polar surface area (TPSA) is 179 Å². The van der Waals surface area contributed by atoms with Gasteiger partial charge in [0, 0.05) is 0 Å². The Morgan fingerprint density at radius 2 is 0.979 bits per heavy atom. The molecule has 0 saturated heterocycles. The van der Waals surface area contributed by atoms with Crippen molar-refractivity contribution in [2.75, 3.05) is 26.3 Å². The summed E-state index contributed by atoms with van der Waals surface area (Å²) in [5, 5.41) is 0. The molecule has 0 spiro atoms. The Balaban J connectivity index is 1.40. The number of ether oxygens (including phenoxy) is 2. The lowest BCUT2D eigenvalue weighted by Gasteiger charge is -2.18. The summed E-state index contributed by atoms with van der Waals surface area (Å²) in [4.78, 5) is -0.862. The fourth-order valence-corrected chi connectivity index (χ4v) is 7.54. The van der Waals surface area contributed by atoms with Crippen LogP contribution in [-0.4, -0.2) is 52.2 Å². The fourth-order valence-electron chi connectivity index (χ4n) is 6.26. The average Bonchev–Trinajstić information content (AvgIpc) is 3.39. The first-order valence-corrected chi connectivity index (χ1v) is 18.4. The normalized spacial score (nSPS) is 13.9. The van der Waals surface area contributed by atoms with E-state index >= 15 is 0 Å². The van der Waals surface area contributed by atoms with Crippen molar-refractivity contribution in [3.8, 4) is 22.6 Å². The molecule has 0 radical (unpaired) electrons. The van der Waals surface area contributed by atoms with E-state index in [0.717, 1.165) is 24.0 Å². The SMILES string of the molecule is NCCC(CCOc1cc2c(cc1S(=O)(=O)O)-c1cc(S(=O)(=O)O)c(OCCC(CCN)c3ccccc3)cc1C2)c1ccccc1. The first-order valence-electron chi connectivity index (χ1n) is 15.5. The van der Waals surface area contributed by atoms with Gasteiger partial charge in [-0.25, -0.2) is 0 Å². The second-order valence-electron chi connectivity index (χ2n) is 11.7. The Kier molecular flexibility index (Phi) is 11.0. The number of benzene rings is 4. The van der Waals surface area contributed by atoms with Crippen molar-refractivity contribution in [3.63, 3.8) is 0 Å². The maximum absolute atomic E-state index is 12.5. The molecule has 0 bridgehead atoms. The van der Waals surface area contributed by atoms with Crippen molar-refractivity contribution >= 4 is 20.2 Å². The second kappa shape index (κ2) is 15.0. The van der Waals surface area contributed by atoms with E-state index in [4.69, 9.17) is 20.9 Å². The van der Waals surface area contributed by atoms with Crippen LogP contribution in [0.4, 0.5) is 0 Å². The van der Waals surface area contributed by atoms with Crippen molar-refractivity contribution in [1.29, 1.82) is 0 Å². The maximum Gasteiger partial charge on any atom is 0.298 e. The molecule has 6 N–H and O–H groups in total. The molecule has 2 unspecified atom stereocenters. The summed E-state index contributed by atoms with van der Waals surface area (Å²) in [5.74, 6) is 0.197. The molecule has 0 amide bonds. The molecular weight excluding hydrogens is 641 g/mol. The largest absolute Gasteiger partial charge is 0.492 e. The minimum atomic E-state index is -4.71. The van der Waals surface area contributed by atoms with Gasteiger partial charge in [-0.2, -0.15) is 16.8 Å². The van der Waals surface area contributed by atoms with Crippen LogP contribution in [0.5, 0.6) is 11.5 Å². The Morgan fingerprint density at radius 1 is 0.596 bits per heavy atom. The molecule has 250 valence electrons. The van der Waals surface area contributed by atoms with Gasteiger partial charge in [0.25, 0.3) is 20.2 Å². The minimum absolute atomic E-state index is 0.00282. The Hall–Kier alpha value is -3.78. The number of hydrogen-bond donors (Lipinski definition) is 4. The zero-order valence-corrected chi connectivity index (χ0v) is 27.5. The highest BCUT2D eigenvalue weighted by Gasteiger charge is 2.29. The van der Waals surface area contributed by atoms with Gasteiger partial charge in [0.05, 0.1) is 13.2 Å². The summed E-state index contributed by atoms with van der Waals surface area (Å²) < 4.78 is 82.1. The molecule has 1 aliphatic rings. The monoisotopic (exact) mass is 680 g/mol. The molecule has 47 heavy (non-hydrogen) atoms. The van der Waals surface area contributed by atoms with Gasteiger partial charge in [0.15, 0.2) is 0 Å². The van der Waals surface area contributed by atoms with Crippen LogP contribution < -0.4 is 20.9 Å². The van der Waals surface area contributed by atoms with Crippen molar-refractivity contribution < 1.29 is 35.4 Å². The highest BCUT2D eigenvalue weighted by Crippen LogP contribution is 2.45. The van der Waals surface area contributed by atoms with Crippen molar-refractivity contribution in [2.45, 2.75) is 53.7 Å². The van der Waals surface area contributed by atoms with Gasteiger partial charge in [0.1, 0.15) is 21.3 Å². The Morgan fingerprint density at radius 3 is 1.32 bits per heavy atom. The quantitative estimate of drug-likeness (QED) is 0.0965. The predicted molar refractivity (Wildman–Crippen MR) is 180 cm³/mol. The molecule has 12 heteroatoms. The number of fused-ring (bicyclic) bond motifs is 3. The zero-order chi connectivity index (χ0) is 33.6. The molecule has 2 atom stereocenters. The Bertz CT molecular complexity index is 1760. The van der Waals surface area contributed by atoms with Crippen LogP contribution in [0, 0.1) is 0 Å². The number of hydrogen-bond acceptors (Lipinski definition) is 8. The van der Waals surface area contributed by atoms with Crippen LogP contribution in [0.1, 0.15) is 59.8 Å². The van der Waals surface area contributed by atoms with E-state index in [1.54, 1.807) is 12.1 Å². The average molecular weight is 681 g/mol. The molecule has 1 aliphatic carbocycles. The van der Waals surface area contributed by atoms with Crippen LogP contribution in [0.3, 0.4) is 0 Å². The van der Waals surface area contributed by atoms with E-state index in [2.05, 4.69) is 0 Å². The van der Waals surface area contributed by atoms with E-state index in [0.29, 0.717) is 54.6 Å². The summed E-state index contributed by atoms with van der Waals surface area (Å²) in [7, 11) is -9.42. The summed E-state index contributed by atoms with van der Waals surface area (Å²) in [6.45, 7) is 1.30. The third kappa shape index (κ3) is 8.39. The maximum atomic E-state index is 12.5. The minimum Gasteiger partial charge on any atom is -0.492 e. The molecular formula is C35H40N2O8S2. The van der Waals surface area contributed by atoms with Crippen LogP contribution >= 0.6 is 0 Å². The zero-order valence-electron chi connectivity index (χ0n) is 25.9. The lowest BCUT2D eigenvalue weighted by atomic mass is 9.93. The standard InChI is InChI=1S/C35H40N2O8S2/c36-15-11-26(24-7-3-1-4-8-24)13-17-44-32-20-28-19-29-21-33(45-18-14-27(12-16-37)25-9-5-2-6-10-25)35(47(41,42)43)23-31(29)30(28)22-34(32)46(38,39)40/h1-10,20-23,26-27H,11-19,36-37H2,(H,38,39,40)(H,41,42,43). The molecule has 0 fully saturated rings. The van der Waals surface area contributed by atoms with Crippen LogP contribution in [0.25, 0.3) is 11.1 Å². The summed E-state index contributed by atoms with van der Waals surface area (Å²) in [6, 6.07) is 25.4. The van der Waals surface area contributed by atoms with Gasteiger partial charge in [-0.15, -0.1) is 0 Å². The first kappa shape index (κ1) is 34.6. The lowest BCUT2D eigenvalue weighted by Crippen LogP contribution is -2.12. The molecule has 10 nitrogen and oxygen atoms in total. The summed E-state index contributed by atoms with van der Waals surface area (Å²) in [6.07, 6.45) is 2.90. The van der Waals surface area contributed by atoms with E-state index in [-0.39, 0.29) is 36.5 Å². The number of nitrogens with two attached hydrogens (primary N) is 2. The van der Waals surface area contributed by atoms with Gasteiger partial charge >= 0.3 is 0 Å². The third-order valence-corrected chi connectivity index (χ3v) is 10.3. The van der Waals surface area contributed by atoms with Gasteiger partial charge < -0.3 is 20.9 Å². The highest BCUT2D eigenvalue weighted by atomic mass is 32.2. The van der Waals surface area contributed by atoms with Gasteiger partial charge in [-0.3, -0.25) is 9.11 Å². The molecule has 4 aromatic carbocycles. The first-order chi connectivity index (χ1) is 22.5. The number of rotatable bonds is 16. The van der Waals surface area contributed by atoms with Crippen molar-refractivity contribution in [2.24, 2.45) is 11.5 Å². The van der Waals surface area contributed by atoms with Crippen molar-refractivity contribution in [1.82, 2.24) is 0 Å². The molecule has 4 aromatic rings. The van der Waals surface area contributed by atoms with Crippen LogP contribution in [0.2, 0.25) is 0 Å². The smallest absolute Gasteiger partial charge is 0.298 e. The molecule has 0 heterocycles. The van der Waals surface area contributed by atoms with Crippen LogP contribution in [0.15, 0.2) is 94.7 Å². The molecule has 0 aromatic heterocycles. The second-order valence-corrected chi connectivity index (χ2v) is 14.5. The Labute approximate surface area is 276 Å². The molecule has 0 aliphatic heterocycles. The summed E-state index contributed by atoms with van der Waals surface area (Å²) in [5.41, 5.74) is 16.1. The van der Waals surface area contributed by atoms with E-state index in [1.807, 2.05) is 60.7 Å².